The summed E-state index contributed by atoms with van der Waals surface area (Å²) in [4.78, 5) is 0.864. The normalized spacial score (nSPS) is 12.3. The summed E-state index contributed by atoms with van der Waals surface area (Å²) in [5, 5.41) is 10.8. The molecule has 0 amide bonds. The first-order chi connectivity index (χ1) is 8.86. The molecule has 0 radical (unpaired) electrons. The maximum atomic E-state index is 12.4. The van der Waals surface area contributed by atoms with Crippen LogP contribution in [0.25, 0.3) is 0 Å². The fourth-order valence-electron chi connectivity index (χ4n) is 1.40. The molecule has 1 aromatic heterocycles. The molecular weight excluding hydrogens is 257 g/mol. The second-order valence-electron chi connectivity index (χ2n) is 4.08. The Morgan fingerprint density at radius 3 is 2.26 bits per heavy atom. The van der Waals surface area contributed by atoms with Crippen LogP contribution in [-0.4, -0.2) is 9.89 Å². The third-order valence-corrected chi connectivity index (χ3v) is 2.43. The van der Waals surface area contributed by atoms with Crippen LogP contribution in [0.1, 0.15) is 17.0 Å². The molecule has 19 heavy (non-hydrogen) atoms. The van der Waals surface area contributed by atoms with E-state index in [1.165, 1.54) is 6.92 Å². The van der Waals surface area contributed by atoms with Crippen molar-refractivity contribution in [3.05, 3.63) is 47.3 Å². The Balaban J connectivity index is 2.24. The second kappa shape index (κ2) is 4.83. The van der Waals surface area contributed by atoms with Gasteiger partial charge in [0.15, 0.2) is 5.69 Å². The zero-order valence-electron chi connectivity index (χ0n) is 10.3. The Bertz CT molecular complexity index is 596. The standard InChI is InChI=1S/C12H11F3N4/c1-8-3-5-10(6-4-8)16-18-19-9(2)7-11(17-19)12(13,14)15/h3-7H,1-2H3. The van der Waals surface area contributed by atoms with Crippen molar-refractivity contribution in [2.75, 3.05) is 0 Å². The molecule has 0 spiro atoms. The summed E-state index contributed by atoms with van der Waals surface area (Å²) in [7, 11) is 0. The van der Waals surface area contributed by atoms with Gasteiger partial charge in [-0.2, -0.15) is 13.2 Å². The van der Waals surface area contributed by atoms with Crippen LogP contribution in [0.4, 0.5) is 18.9 Å². The van der Waals surface area contributed by atoms with Crippen LogP contribution in [0.5, 0.6) is 0 Å². The largest absolute Gasteiger partial charge is 0.435 e. The summed E-state index contributed by atoms with van der Waals surface area (Å²) < 4.78 is 37.3. The van der Waals surface area contributed by atoms with Gasteiger partial charge in [-0.15, -0.1) is 15.0 Å². The van der Waals surface area contributed by atoms with Crippen LogP contribution >= 0.6 is 0 Å². The molecule has 2 rings (SSSR count). The van der Waals surface area contributed by atoms with E-state index in [1.807, 2.05) is 19.1 Å². The van der Waals surface area contributed by atoms with Crippen LogP contribution in [0.2, 0.25) is 0 Å². The topological polar surface area (TPSA) is 42.5 Å². The van der Waals surface area contributed by atoms with Crippen molar-refractivity contribution in [3.8, 4) is 0 Å². The van der Waals surface area contributed by atoms with Crippen molar-refractivity contribution in [2.45, 2.75) is 20.0 Å². The van der Waals surface area contributed by atoms with E-state index in [0.717, 1.165) is 16.4 Å². The lowest BCUT2D eigenvalue weighted by molar-refractivity contribution is -0.141. The Kier molecular flexibility index (Phi) is 3.37. The number of hydrogen-bond donors (Lipinski definition) is 0. The number of hydrogen-bond acceptors (Lipinski definition) is 3. The molecule has 1 heterocycles. The van der Waals surface area contributed by atoms with Gasteiger partial charge in [-0.3, -0.25) is 0 Å². The SMILES string of the molecule is Cc1ccc(N=Nn2nc(C(F)(F)F)cc2C)cc1. The molecule has 0 bridgehead atoms. The summed E-state index contributed by atoms with van der Waals surface area (Å²) >= 11 is 0. The van der Waals surface area contributed by atoms with E-state index in [-0.39, 0.29) is 5.69 Å². The molecule has 0 saturated heterocycles. The molecule has 0 unspecified atom stereocenters. The van der Waals surface area contributed by atoms with E-state index >= 15 is 0 Å². The number of aryl methyl sites for hydroxylation is 2. The molecule has 0 atom stereocenters. The molecule has 0 saturated carbocycles. The highest BCUT2D eigenvalue weighted by atomic mass is 19.4. The van der Waals surface area contributed by atoms with Gasteiger partial charge in [-0.25, -0.2) is 0 Å². The first-order valence-corrected chi connectivity index (χ1v) is 5.49. The molecule has 2 aromatic rings. The first-order valence-electron chi connectivity index (χ1n) is 5.49. The molecule has 0 aliphatic heterocycles. The lowest BCUT2D eigenvalue weighted by Crippen LogP contribution is -2.06. The van der Waals surface area contributed by atoms with Gasteiger partial charge in [-0.1, -0.05) is 17.7 Å². The summed E-state index contributed by atoms with van der Waals surface area (Å²) in [6, 6.07) is 8.05. The zero-order valence-corrected chi connectivity index (χ0v) is 10.3. The molecule has 0 fully saturated rings. The van der Waals surface area contributed by atoms with Crippen LogP contribution in [0.15, 0.2) is 40.7 Å². The summed E-state index contributed by atoms with van der Waals surface area (Å²) in [6.07, 6.45) is -4.48. The Labute approximate surface area is 107 Å². The summed E-state index contributed by atoms with van der Waals surface area (Å²) in [6.45, 7) is 3.41. The number of nitrogens with zero attached hydrogens (tertiary/aromatic N) is 4. The van der Waals surface area contributed by atoms with Crippen molar-refractivity contribution < 1.29 is 13.2 Å². The number of benzene rings is 1. The molecule has 100 valence electrons. The second-order valence-corrected chi connectivity index (χ2v) is 4.08. The van der Waals surface area contributed by atoms with Crippen molar-refractivity contribution in [1.82, 2.24) is 9.89 Å². The molecule has 0 aliphatic carbocycles. The van der Waals surface area contributed by atoms with Crippen molar-refractivity contribution >= 4 is 5.69 Å². The van der Waals surface area contributed by atoms with E-state index in [0.29, 0.717) is 5.69 Å². The number of rotatable bonds is 2. The van der Waals surface area contributed by atoms with Gasteiger partial charge < -0.3 is 0 Å². The molecular formula is C12H11F3N4. The molecule has 0 N–H and O–H groups in total. The Morgan fingerprint density at radius 2 is 1.74 bits per heavy atom. The van der Waals surface area contributed by atoms with Crippen LogP contribution < -0.4 is 0 Å². The molecule has 4 nitrogen and oxygen atoms in total. The van der Waals surface area contributed by atoms with Crippen molar-refractivity contribution in [3.63, 3.8) is 0 Å². The average Bonchev–Trinajstić information content (AvgIpc) is 2.70. The number of halogens is 3. The average molecular weight is 268 g/mol. The predicted molar refractivity (Wildman–Crippen MR) is 63.1 cm³/mol. The maximum absolute atomic E-state index is 12.4. The van der Waals surface area contributed by atoms with Crippen LogP contribution in [0, 0.1) is 13.8 Å². The minimum atomic E-state index is -4.48. The third kappa shape index (κ3) is 3.18. The van der Waals surface area contributed by atoms with Crippen molar-refractivity contribution in [2.24, 2.45) is 10.3 Å². The maximum Gasteiger partial charge on any atom is 0.435 e. The third-order valence-electron chi connectivity index (χ3n) is 2.43. The van der Waals surface area contributed by atoms with Gasteiger partial charge in [0.05, 0.1) is 11.4 Å². The van der Waals surface area contributed by atoms with E-state index in [2.05, 4.69) is 15.4 Å². The van der Waals surface area contributed by atoms with Gasteiger partial charge in [0, 0.05) is 0 Å². The monoisotopic (exact) mass is 268 g/mol. The smallest absolute Gasteiger partial charge is 0.164 e. The molecule has 1 aromatic carbocycles. The predicted octanol–water partition coefficient (Wildman–Crippen LogP) is 4.07. The highest BCUT2D eigenvalue weighted by molar-refractivity contribution is 5.37. The summed E-state index contributed by atoms with van der Waals surface area (Å²) in [5.41, 5.74) is 0.902. The number of alkyl halides is 3. The van der Waals surface area contributed by atoms with E-state index < -0.39 is 11.9 Å². The van der Waals surface area contributed by atoms with Gasteiger partial charge in [-0.05, 0) is 37.3 Å². The van der Waals surface area contributed by atoms with Crippen LogP contribution in [0.3, 0.4) is 0 Å². The highest BCUT2D eigenvalue weighted by Crippen LogP contribution is 2.28. The van der Waals surface area contributed by atoms with E-state index in [4.69, 9.17) is 0 Å². The van der Waals surface area contributed by atoms with E-state index in [1.54, 1.807) is 12.1 Å². The lowest BCUT2D eigenvalue weighted by Gasteiger charge is -1.99. The van der Waals surface area contributed by atoms with Gasteiger partial charge in [0.2, 0.25) is 0 Å². The van der Waals surface area contributed by atoms with Crippen LogP contribution in [-0.2, 0) is 6.18 Å². The zero-order chi connectivity index (χ0) is 14.0. The highest BCUT2D eigenvalue weighted by Gasteiger charge is 2.34. The van der Waals surface area contributed by atoms with Crippen molar-refractivity contribution in [1.29, 1.82) is 0 Å². The quantitative estimate of drug-likeness (QED) is 0.757. The van der Waals surface area contributed by atoms with Gasteiger partial charge >= 0.3 is 6.18 Å². The fraction of sp³-hybridized carbons (Fsp3) is 0.250. The van der Waals surface area contributed by atoms with Gasteiger partial charge in [0.1, 0.15) is 0 Å². The Morgan fingerprint density at radius 1 is 1.11 bits per heavy atom. The minimum Gasteiger partial charge on any atom is -0.164 e. The fourth-order valence-corrected chi connectivity index (χ4v) is 1.40. The molecule has 7 heteroatoms. The minimum absolute atomic E-state index is 0.267. The molecule has 0 aliphatic rings. The summed E-state index contributed by atoms with van der Waals surface area (Å²) in [5.74, 6) is 0. The first kappa shape index (κ1) is 13.3. The lowest BCUT2D eigenvalue weighted by atomic mass is 10.2. The van der Waals surface area contributed by atoms with E-state index in [9.17, 15) is 13.2 Å². The number of aromatic nitrogens is 2. The van der Waals surface area contributed by atoms with Gasteiger partial charge in [0.25, 0.3) is 0 Å². The Hall–Kier alpha value is -2.18.